The number of furan rings is 1. The Morgan fingerprint density at radius 2 is 2.08 bits per heavy atom. The number of benzene rings is 1. The van der Waals surface area contributed by atoms with Crippen LogP contribution >= 0.6 is 0 Å². The van der Waals surface area contributed by atoms with E-state index in [0.717, 1.165) is 36.3 Å². The number of hydrogen-bond donors (Lipinski definition) is 2. The van der Waals surface area contributed by atoms with Crippen molar-refractivity contribution in [2.45, 2.75) is 26.7 Å². The molecule has 0 aliphatic carbocycles. The highest BCUT2D eigenvalue weighted by Crippen LogP contribution is 2.40. The van der Waals surface area contributed by atoms with Gasteiger partial charge in [-0.25, -0.2) is 14.8 Å². The smallest absolute Gasteiger partial charge is 0.347 e. The van der Waals surface area contributed by atoms with Crippen LogP contribution < -0.4 is 10.1 Å². The van der Waals surface area contributed by atoms with E-state index in [1.165, 1.54) is 0 Å². The van der Waals surface area contributed by atoms with Gasteiger partial charge in [0, 0.05) is 35.8 Å². The fourth-order valence-electron chi connectivity index (χ4n) is 3.71. The molecule has 0 unspecified atom stereocenters. The van der Waals surface area contributed by atoms with Crippen LogP contribution in [0.25, 0.3) is 11.6 Å². The molecule has 2 N–H and O–H groups in total. The lowest BCUT2D eigenvalue weighted by molar-refractivity contribution is 0.0497. The fraction of sp³-hybridized carbons (Fsp3) is 0.321. The lowest BCUT2D eigenvalue weighted by Gasteiger charge is -2.13. The molecule has 9 heteroatoms. The lowest BCUT2D eigenvalue weighted by Crippen LogP contribution is -2.19. The monoisotopic (exact) mass is 504 g/mol. The van der Waals surface area contributed by atoms with Crippen molar-refractivity contribution in [3.63, 3.8) is 0 Å². The number of fused-ring (bicyclic) bond motifs is 1. The van der Waals surface area contributed by atoms with E-state index in [2.05, 4.69) is 15.3 Å². The number of allylic oxidation sites excluding steroid dienone is 1. The summed E-state index contributed by atoms with van der Waals surface area (Å²) < 4.78 is 17.2. The first-order chi connectivity index (χ1) is 17.9. The number of nitrogens with one attached hydrogen (secondary N) is 1. The molecule has 1 aliphatic heterocycles. The van der Waals surface area contributed by atoms with Gasteiger partial charge < -0.3 is 29.2 Å². The zero-order valence-corrected chi connectivity index (χ0v) is 21.6. The average molecular weight is 505 g/mol. The molecule has 37 heavy (non-hydrogen) atoms. The van der Waals surface area contributed by atoms with Crippen LogP contribution in [0.2, 0.25) is 0 Å². The predicted octanol–water partition coefficient (Wildman–Crippen LogP) is 5.59. The van der Waals surface area contributed by atoms with Gasteiger partial charge in [0.05, 0.1) is 6.61 Å². The summed E-state index contributed by atoms with van der Waals surface area (Å²) >= 11 is 0. The Morgan fingerprint density at radius 1 is 1.24 bits per heavy atom. The van der Waals surface area contributed by atoms with Crippen LogP contribution in [0, 0.1) is 6.92 Å². The number of ether oxygens (including phenoxy) is 2. The van der Waals surface area contributed by atoms with Gasteiger partial charge in [-0.3, -0.25) is 0 Å². The summed E-state index contributed by atoms with van der Waals surface area (Å²) in [6.45, 7) is 5.55. The van der Waals surface area contributed by atoms with Gasteiger partial charge in [-0.1, -0.05) is 13.3 Å². The number of hydrogen-bond acceptors (Lipinski definition) is 9. The molecule has 1 aromatic carbocycles. The van der Waals surface area contributed by atoms with Crippen LogP contribution in [0.3, 0.4) is 0 Å². The molecule has 2 aromatic heterocycles. The van der Waals surface area contributed by atoms with Gasteiger partial charge in [-0.05, 0) is 69.4 Å². The Kier molecular flexibility index (Phi) is 8.25. The third-order valence-electron chi connectivity index (χ3n) is 5.81. The number of anilines is 2. The molecule has 1 aliphatic rings. The van der Waals surface area contributed by atoms with Crippen molar-refractivity contribution in [2.24, 2.45) is 4.99 Å². The first-order valence-corrected chi connectivity index (χ1v) is 12.3. The van der Waals surface area contributed by atoms with E-state index in [1.54, 1.807) is 18.5 Å². The fourth-order valence-corrected chi connectivity index (χ4v) is 3.71. The number of esters is 1. The Hall–Kier alpha value is -4.11. The van der Waals surface area contributed by atoms with Crippen LogP contribution in [-0.4, -0.2) is 61.0 Å². The molecule has 0 bridgehead atoms. The number of carbonyl (C=O) groups excluding carboxylic acids is 1. The lowest BCUT2D eigenvalue weighted by atomic mass is 10.1. The number of aryl methyl sites for hydroxylation is 1. The number of aromatic hydroxyl groups is 1. The van der Waals surface area contributed by atoms with Gasteiger partial charge in [-0.15, -0.1) is 0 Å². The van der Waals surface area contributed by atoms with E-state index in [4.69, 9.17) is 13.9 Å². The van der Waals surface area contributed by atoms with Crippen molar-refractivity contribution in [1.82, 2.24) is 9.88 Å². The molecule has 3 heterocycles. The molecule has 9 nitrogen and oxygen atoms in total. The Labute approximate surface area is 216 Å². The maximum absolute atomic E-state index is 12.9. The summed E-state index contributed by atoms with van der Waals surface area (Å²) in [7, 11) is 3.98. The Balaban J connectivity index is 1.64. The second-order valence-electron chi connectivity index (χ2n) is 8.99. The molecule has 0 saturated heterocycles. The first-order valence-electron chi connectivity index (χ1n) is 12.3. The number of rotatable bonds is 11. The third kappa shape index (κ3) is 6.18. The van der Waals surface area contributed by atoms with E-state index in [9.17, 15) is 9.90 Å². The largest absolute Gasteiger partial charge is 0.504 e. The van der Waals surface area contributed by atoms with Gasteiger partial charge in [0.25, 0.3) is 0 Å². The minimum absolute atomic E-state index is 0.0602. The maximum atomic E-state index is 12.9. The van der Waals surface area contributed by atoms with Crippen molar-refractivity contribution in [2.75, 3.05) is 39.2 Å². The first kappa shape index (κ1) is 26.0. The molecular weight excluding hydrogens is 472 g/mol. The highest BCUT2D eigenvalue weighted by molar-refractivity contribution is 6.21. The number of carbonyl (C=O) groups is 1. The van der Waals surface area contributed by atoms with Crippen LogP contribution in [0.4, 0.5) is 17.4 Å². The quantitative estimate of drug-likeness (QED) is 0.257. The molecule has 0 amide bonds. The highest BCUT2D eigenvalue weighted by Gasteiger charge is 2.28. The molecule has 0 radical (unpaired) electrons. The second kappa shape index (κ2) is 11.7. The van der Waals surface area contributed by atoms with E-state index < -0.39 is 5.97 Å². The van der Waals surface area contributed by atoms with Gasteiger partial charge >= 0.3 is 5.97 Å². The van der Waals surface area contributed by atoms with Gasteiger partial charge in [0.15, 0.2) is 22.9 Å². The van der Waals surface area contributed by atoms with Crippen LogP contribution in [0.1, 0.15) is 47.0 Å². The summed E-state index contributed by atoms with van der Waals surface area (Å²) in [5.41, 5.74) is 3.04. The van der Waals surface area contributed by atoms with Crippen molar-refractivity contribution in [1.29, 1.82) is 0 Å². The Morgan fingerprint density at radius 3 is 2.84 bits per heavy atom. The van der Waals surface area contributed by atoms with Crippen LogP contribution in [-0.2, 0) is 4.74 Å². The molecule has 0 fully saturated rings. The molecule has 0 saturated carbocycles. The standard InChI is InChI=1S/C28H32N4O5/c1-5-6-13-36-28(34)24-25(33)23(16-19-17-30-26-21(19)8-7-11-29-26)37-27(24)31-22-10-9-20(15-18(22)2)35-14-12-32(3)4/h7-11,15-17,31,33H,5-6,12-14H2,1-4H3. The van der Waals surface area contributed by atoms with Crippen LogP contribution in [0.15, 0.2) is 45.9 Å². The second-order valence-corrected chi connectivity index (χ2v) is 8.99. The van der Waals surface area contributed by atoms with Gasteiger partial charge in [-0.2, -0.15) is 0 Å². The molecule has 194 valence electrons. The van der Waals surface area contributed by atoms with Crippen LogP contribution in [0.5, 0.6) is 11.5 Å². The minimum atomic E-state index is -0.662. The highest BCUT2D eigenvalue weighted by atomic mass is 16.5. The number of pyridine rings is 1. The number of unbranched alkanes of at least 4 members (excludes halogenated alkanes) is 1. The number of aliphatic imine (C=N–C) groups is 1. The topological polar surface area (TPSA) is 109 Å². The van der Waals surface area contributed by atoms with E-state index in [0.29, 0.717) is 23.7 Å². The Bertz CT molecular complexity index is 1330. The summed E-state index contributed by atoms with van der Waals surface area (Å²) in [5, 5.41) is 14.2. The average Bonchev–Trinajstić information content (AvgIpc) is 3.41. The number of likely N-dealkylation sites (N-methyl/N-ethyl adjacent to an activating group) is 1. The SMILES string of the molecule is CCCCOC(=O)c1c(Nc2ccc(OCCN(C)C)cc2C)oc(C=C2C=Nc3ncccc32)c1O. The number of aromatic nitrogens is 1. The summed E-state index contributed by atoms with van der Waals surface area (Å²) in [4.78, 5) is 23.5. The van der Waals surface area contributed by atoms with Crippen molar-refractivity contribution < 1.29 is 23.8 Å². The normalized spacial score (nSPS) is 13.3. The van der Waals surface area contributed by atoms with Crippen molar-refractivity contribution >= 4 is 41.2 Å². The van der Waals surface area contributed by atoms with Gasteiger partial charge in [0.1, 0.15) is 12.4 Å². The molecule has 4 rings (SSSR count). The maximum Gasteiger partial charge on any atom is 0.347 e. The molecule has 0 atom stereocenters. The van der Waals surface area contributed by atoms with Gasteiger partial charge in [0.2, 0.25) is 5.88 Å². The minimum Gasteiger partial charge on any atom is -0.504 e. The van der Waals surface area contributed by atoms with E-state index in [-0.39, 0.29) is 29.6 Å². The summed E-state index contributed by atoms with van der Waals surface area (Å²) in [6.07, 6.45) is 6.54. The molecule has 3 aromatic rings. The third-order valence-corrected chi connectivity index (χ3v) is 5.81. The molecular formula is C28H32N4O5. The predicted molar refractivity (Wildman–Crippen MR) is 144 cm³/mol. The van der Waals surface area contributed by atoms with E-state index in [1.807, 2.05) is 63.2 Å². The van der Waals surface area contributed by atoms with Crippen molar-refractivity contribution in [3.8, 4) is 11.5 Å². The van der Waals surface area contributed by atoms with Crippen molar-refractivity contribution in [3.05, 3.63) is 59.0 Å². The van der Waals surface area contributed by atoms with E-state index >= 15 is 0 Å². The zero-order chi connectivity index (χ0) is 26.4. The number of nitrogens with zero attached hydrogens (tertiary/aromatic N) is 3. The zero-order valence-electron chi connectivity index (χ0n) is 21.6. The summed E-state index contributed by atoms with van der Waals surface area (Å²) in [6, 6.07) is 9.28. The summed E-state index contributed by atoms with van der Waals surface area (Å²) in [5.74, 6) is 0.570. The molecule has 0 spiro atoms.